The number of hydrogen-bond acceptors (Lipinski definition) is 3. The first-order valence-electron chi connectivity index (χ1n) is 3.20. The highest BCUT2D eigenvalue weighted by molar-refractivity contribution is 5.83. The summed E-state index contributed by atoms with van der Waals surface area (Å²) in [5.41, 5.74) is 0. The number of ether oxygens (including phenoxy) is 1. The first kappa shape index (κ1) is 7.84. The molecule has 2 atom stereocenters. The molecule has 62 valence electrons. The standard InChI is InChI=1S/C6H9NO4/c1-3-4(5(8)9)7(2)6(10)11-3/h3-4H,1-2H3,(H,8,9). The molecule has 1 heterocycles. The summed E-state index contributed by atoms with van der Waals surface area (Å²) >= 11 is 0. The summed E-state index contributed by atoms with van der Waals surface area (Å²) in [7, 11) is 1.41. The van der Waals surface area contributed by atoms with Crippen LogP contribution in [0.3, 0.4) is 0 Å². The Morgan fingerprint density at radius 2 is 2.27 bits per heavy atom. The van der Waals surface area contributed by atoms with Crippen LogP contribution in [0.15, 0.2) is 0 Å². The lowest BCUT2D eigenvalue weighted by molar-refractivity contribution is -0.142. The van der Waals surface area contributed by atoms with Crippen molar-refractivity contribution in [2.75, 3.05) is 7.05 Å². The molecule has 11 heavy (non-hydrogen) atoms. The maximum absolute atomic E-state index is 10.7. The van der Waals surface area contributed by atoms with Crippen LogP contribution < -0.4 is 0 Å². The Labute approximate surface area is 63.5 Å². The molecule has 0 aliphatic carbocycles. The van der Waals surface area contributed by atoms with Crippen LogP contribution in [0.25, 0.3) is 0 Å². The van der Waals surface area contributed by atoms with Crippen LogP contribution in [0.5, 0.6) is 0 Å². The van der Waals surface area contributed by atoms with E-state index in [0.29, 0.717) is 0 Å². The summed E-state index contributed by atoms with van der Waals surface area (Å²) in [6.45, 7) is 1.56. The van der Waals surface area contributed by atoms with Crippen LogP contribution >= 0.6 is 0 Å². The summed E-state index contributed by atoms with van der Waals surface area (Å²) in [4.78, 5) is 22.3. The molecule has 0 spiro atoms. The van der Waals surface area contributed by atoms with Gasteiger partial charge in [0.15, 0.2) is 6.04 Å². The Hall–Kier alpha value is -1.26. The summed E-state index contributed by atoms with van der Waals surface area (Å²) in [5, 5.41) is 8.60. The van der Waals surface area contributed by atoms with Crippen LogP contribution in [0.1, 0.15) is 6.92 Å². The first-order chi connectivity index (χ1) is 5.04. The molecule has 1 fully saturated rings. The second-order valence-corrected chi connectivity index (χ2v) is 2.48. The second-order valence-electron chi connectivity index (χ2n) is 2.48. The van der Waals surface area contributed by atoms with Crippen LogP contribution in [0.2, 0.25) is 0 Å². The van der Waals surface area contributed by atoms with Crippen molar-refractivity contribution in [2.45, 2.75) is 19.1 Å². The topological polar surface area (TPSA) is 66.8 Å². The number of carbonyl (C=O) groups is 2. The smallest absolute Gasteiger partial charge is 0.410 e. The van der Waals surface area contributed by atoms with Gasteiger partial charge in [0.2, 0.25) is 0 Å². The van der Waals surface area contributed by atoms with Gasteiger partial charge in [0.25, 0.3) is 0 Å². The summed E-state index contributed by atoms with van der Waals surface area (Å²) < 4.78 is 4.65. The molecule has 1 saturated heterocycles. The molecule has 0 aromatic carbocycles. The molecule has 0 saturated carbocycles. The molecule has 1 aliphatic heterocycles. The SMILES string of the molecule is CC1OC(=O)N(C)C1C(=O)O. The predicted octanol–water partition coefficient (Wildman–Crippen LogP) is -0.0899. The van der Waals surface area contributed by atoms with Crippen molar-refractivity contribution in [1.82, 2.24) is 4.90 Å². The van der Waals surface area contributed by atoms with E-state index in [9.17, 15) is 9.59 Å². The Morgan fingerprint density at radius 3 is 2.45 bits per heavy atom. The fraction of sp³-hybridized carbons (Fsp3) is 0.667. The Morgan fingerprint density at radius 1 is 1.73 bits per heavy atom. The number of cyclic esters (lactones) is 1. The van der Waals surface area contributed by atoms with E-state index in [4.69, 9.17) is 5.11 Å². The Balaban J connectivity index is 2.79. The van der Waals surface area contributed by atoms with Crippen molar-refractivity contribution in [3.8, 4) is 0 Å². The first-order valence-corrected chi connectivity index (χ1v) is 3.20. The van der Waals surface area contributed by atoms with Gasteiger partial charge in [0.1, 0.15) is 6.10 Å². The summed E-state index contributed by atoms with van der Waals surface area (Å²) in [6, 6.07) is -0.845. The van der Waals surface area contributed by atoms with E-state index in [2.05, 4.69) is 4.74 Å². The number of carbonyl (C=O) groups excluding carboxylic acids is 1. The molecular weight excluding hydrogens is 150 g/mol. The lowest BCUT2D eigenvalue weighted by atomic mass is 10.2. The monoisotopic (exact) mass is 159 g/mol. The lowest BCUT2D eigenvalue weighted by Gasteiger charge is -2.12. The number of rotatable bonds is 1. The van der Waals surface area contributed by atoms with Crippen LogP contribution in [-0.4, -0.2) is 41.3 Å². The van der Waals surface area contributed by atoms with Crippen molar-refractivity contribution in [1.29, 1.82) is 0 Å². The molecule has 5 nitrogen and oxygen atoms in total. The molecule has 0 aromatic rings. The van der Waals surface area contributed by atoms with Crippen molar-refractivity contribution >= 4 is 12.1 Å². The van der Waals surface area contributed by atoms with E-state index < -0.39 is 24.2 Å². The average Bonchev–Trinajstić information content (AvgIpc) is 2.07. The van der Waals surface area contributed by atoms with E-state index in [0.717, 1.165) is 4.90 Å². The number of hydrogen-bond donors (Lipinski definition) is 1. The highest BCUT2D eigenvalue weighted by Gasteiger charge is 2.41. The molecule has 0 radical (unpaired) electrons. The van der Waals surface area contributed by atoms with Crippen LogP contribution in [0, 0.1) is 0 Å². The number of carboxylic acid groups (broad SMARTS) is 1. The van der Waals surface area contributed by atoms with E-state index >= 15 is 0 Å². The third-order valence-electron chi connectivity index (χ3n) is 1.69. The third kappa shape index (κ3) is 1.13. The fourth-order valence-corrected chi connectivity index (χ4v) is 1.10. The van der Waals surface area contributed by atoms with Gasteiger partial charge < -0.3 is 9.84 Å². The van der Waals surface area contributed by atoms with Gasteiger partial charge in [-0.25, -0.2) is 9.59 Å². The third-order valence-corrected chi connectivity index (χ3v) is 1.69. The molecule has 1 N–H and O–H groups in total. The van der Waals surface area contributed by atoms with E-state index in [1.165, 1.54) is 7.05 Å². The zero-order chi connectivity index (χ0) is 8.59. The molecular formula is C6H9NO4. The fourth-order valence-electron chi connectivity index (χ4n) is 1.10. The highest BCUT2D eigenvalue weighted by atomic mass is 16.6. The second kappa shape index (κ2) is 2.41. The minimum Gasteiger partial charge on any atom is -0.480 e. The molecule has 0 aromatic heterocycles. The minimum atomic E-state index is -1.04. The van der Waals surface area contributed by atoms with Crippen molar-refractivity contribution in [3.05, 3.63) is 0 Å². The van der Waals surface area contributed by atoms with Crippen molar-refractivity contribution in [3.63, 3.8) is 0 Å². The number of aliphatic carboxylic acids is 1. The quantitative estimate of drug-likeness (QED) is 0.580. The maximum Gasteiger partial charge on any atom is 0.410 e. The van der Waals surface area contributed by atoms with Gasteiger partial charge in [0, 0.05) is 7.05 Å². The summed E-state index contributed by atoms with van der Waals surface area (Å²) in [5.74, 6) is -1.04. The molecule has 0 bridgehead atoms. The van der Waals surface area contributed by atoms with Gasteiger partial charge in [-0.15, -0.1) is 0 Å². The zero-order valence-corrected chi connectivity index (χ0v) is 6.27. The number of likely N-dealkylation sites (N-methyl/N-ethyl adjacent to an activating group) is 1. The van der Waals surface area contributed by atoms with Crippen LogP contribution in [0.4, 0.5) is 4.79 Å². The lowest BCUT2D eigenvalue weighted by Crippen LogP contribution is -2.39. The van der Waals surface area contributed by atoms with Crippen molar-refractivity contribution < 1.29 is 19.4 Å². The molecule has 1 rings (SSSR count). The molecule has 1 amide bonds. The van der Waals surface area contributed by atoms with Gasteiger partial charge in [0.05, 0.1) is 0 Å². The van der Waals surface area contributed by atoms with E-state index in [1.54, 1.807) is 6.92 Å². The van der Waals surface area contributed by atoms with Crippen molar-refractivity contribution in [2.24, 2.45) is 0 Å². The van der Waals surface area contributed by atoms with Gasteiger partial charge in [-0.1, -0.05) is 0 Å². The van der Waals surface area contributed by atoms with Gasteiger partial charge >= 0.3 is 12.1 Å². The van der Waals surface area contributed by atoms with Crippen LogP contribution in [-0.2, 0) is 9.53 Å². The Bertz CT molecular complexity index is 203. The molecule has 1 aliphatic rings. The minimum absolute atomic E-state index is 0.565. The summed E-state index contributed by atoms with van der Waals surface area (Å²) in [6.07, 6.45) is -1.14. The number of carboxylic acids is 1. The predicted molar refractivity (Wildman–Crippen MR) is 35.1 cm³/mol. The largest absolute Gasteiger partial charge is 0.480 e. The maximum atomic E-state index is 10.7. The van der Waals surface area contributed by atoms with E-state index in [1.807, 2.05) is 0 Å². The normalized spacial score (nSPS) is 30.4. The van der Waals surface area contributed by atoms with E-state index in [-0.39, 0.29) is 0 Å². The van der Waals surface area contributed by atoms with Gasteiger partial charge in [-0.3, -0.25) is 4.90 Å². The number of nitrogens with zero attached hydrogens (tertiary/aromatic N) is 1. The average molecular weight is 159 g/mol. The molecule has 2 unspecified atom stereocenters. The van der Waals surface area contributed by atoms with Gasteiger partial charge in [-0.05, 0) is 6.92 Å². The Kier molecular flexibility index (Phi) is 1.72. The highest BCUT2D eigenvalue weighted by Crippen LogP contribution is 2.16. The van der Waals surface area contributed by atoms with Gasteiger partial charge in [-0.2, -0.15) is 0 Å². The zero-order valence-electron chi connectivity index (χ0n) is 6.27. The number of amides is 1. The molecule has 5 heteroatoms.